The Kier molecular flexibility index (Phi) is 8.78. The van der Waals surface area contributed by atoms with Crippen LogP contribution in [0.15, 0.2) is 60.2 Å². The number of benzene rings is 3. The van der Waals surface area contributed by atoms with Gasteiger partial charge in [-0.1, -0.05) is 52.5 Å². The summed E-state index contributed by atoms with van der Waals surface area (Å²) in [5, 5.41) is 15.7. The normalized spacial score (nSPS) is 10.9. The first-order valence-electron chi connectivity index (χ1n) is 10.3. The SMILES string of the molecule is Cc1ccc(NC(=O)/C(C#N)=C/c2cc(Cl)c(OCC(=O)Nc3ccc(Cl)cc3)c(Cl)c2)c(C)c1. The number of rotatable bonds is 7. The molecule has 3 aromatic carbocycles. The van der Waals surface area contributed by atoms with Gasteiger partial charge in [-0.15, -0.1) is 0 Å². The second kappa shape index (κ2) is 11.8. The summed E-state index contributed by atoms with van der Waals surface area (Å²) < 4.78 is 5.49. The number of amides is 2. The van der Waals surface area contributed by atoms with Gasteiger partial charge in [-0.25, -0.2) is 0 Å². The van der Waals surface area contributed by atoms with Crippen LogP contribution in [0, 0.1) is 25.2 Å². The van der Waals surface area contributed by atoms with E-state index in [2.05, 4.69) is 10.6 Å². The molecule has 0 bridgehead atoms. The highest BCUT2D eigenvalue weighted by Gasteiger charge is 2.15. The summed E-state index contributed by atoms with van der Waals surface area (Å²) in [5.41, 5.74) is 3.40. The monoisotopic (exact) mass is 527 g/mol. The minimum atomic E-state index is -0.564. The van der Waals surface area contributed by atoms with Crippen molar-refractivity contribution in [2.75, 3.05) is 17.2 Å². The third-order valence-corrected chi connectivity index (χ3v) is 5.62. The van der Waals surface area contributed by atoms with Gasteiger partial charge in [-0.3, -0.25) is 9.59 Å². The van der Waals surface area contributed by atoms with E-state index in [0.717, 1.165) is 11.1 Å². The molecular weight excluding hydrogens is 509 g/mol. The van der Waals surface area contributed by atoms with Crippen LogP contribution < -0.4 is 15.4 Å². The van der Waals surface area contributed by atoms with Crippen molar-refractivity contribution in [3.8, 4) is 11.8 Å². The van der Waals surface area contributed by atoms with Gasteiger partial charge in [0, 0.05) is 16.4 Å². The van der Waals surface area contributed by atoms with Crippen molar-refractivity contribution in [2.45, 2.75) is 13.8 Å². The van der Waals surface area contributed by atoms with Crippen molar-refractivity contribution in [2.24, 2.45) is 0 Å². The molecule has 35 heavy (non-hydrogen) atoms. The van der Waals surface area contributed by atoms with E-state index in [1.807, 2.05) is 32.0 Å². The molecule has 6 nitrogen and oxygen atoms in total. The number of nitrogens with zero attached hydrogens (tertiary/aromatic N) is 1. The zero-order chi connectivity index (χ0) is 25.5. The molecule has 0 heterocycles. The summed E-state index contributed by atoms with van der Waals surface area (Å²) in [6.45, 7) is 3.48. The fourth-order valence-electron chi connectivity index (χ4n) is 3.13. The highest BCUT2D eigenvalue weighted by atomic mass is 35.5. The number of ether oxygens (including phenoxy) is 1. The van der Waals surface area contributed by atoms with Crippen LogP contribution in [-0.4, -0.2) is 18.4 Å². The Morgan fingerprint density at radius 1 is 0.971 bits per heavy atom. The summed E-state index contributed by atoms with van der Waals surface area (Å²) in [6.07, 6.45) is 1.37. The number of carbonyl (C=O) groups is 2. The average molecular weight is 529 g/mol. The van der Waals surface area contributed by atoms with Crippen LogP contribution in [0.1, 0.15) is 16.7 Å². The van der Waals surface area contributed by atoms with Crippen LogP contribution in [0.25, 0.3) is 6.08 Å². The smallest absolute Gasteiger partial charge is 0.266 e. The summed E-state index contributed by atoms with van der Waals surface area (Å²) in [7, 11) is 0. The van der Waals surface area contributed by atoms with E-state index in [0.29, 0.717) is 22.0 Å². The standard InChI is InChI=1S/C26H20Cl3N3O3/c1-15-3-8-23(16(2)9-15)32-26(34)18(13-30)10-17-11-21(28)25(22(29)12-17)35-14-24(33)31-20-6-4-19(27)5-7-20/h3-12H,14H2,1-2H3,(H,31,33)(H,32,34)/b18-10+. The molecule has 9 heteroatoms. The van der Waals surface area contributed by atoms with Crippen molar-refractivity contribution in [1.82, 2.24) is 0 Å². The highest BCUT2D eigenvalue weighted by Crippen LogP contribution is 2.35. The van der Waals surface area contributed by atoms with Crippen LogP contribution in [0.5, 0.6) is 5.75 Å². The molecule has 0 aliphatic rings. The van der Waals surface area contributed by atoms with Crippen LogP contribution in [0.2, 0.25) is 15.1 Å². The van der Waals surface area contributed by atoms with Gasteiger partial charge in [0.1, 0.15) is 11.6 Å². The quantitative estimate of drug-likeness (QED) is 0.260. The largest absolute Gasteiger partial charge is 0.481 e. The second-order valence-corrected chi connectivity index (χ2v) is 8.85. The van der Waals surface area contributed by atoms with Gasteiger partial charge in [-0.2, -0.15) is 5.26 Å². The fourth-order valence-corrected chi connectivity index (χ4v) is 3.87. The Bertz CT molecular complexity index is 1320. The molecule has 0 saturated heterocycles. The predicted molar refractivity (Wildman–Crippen MR) is 140 cm³/mol. The minimum absolute atomic E-state index is 0.106. The lowest BCUT2D eigenvalue weighted by Crippen LogP contribution is -2.20. The van der Waals surface area contributed by atoms with Gasteiger partial charge in [0.25, 0.3) is 11.8 Å². The van der Waals surface area contributed by atoms with E-state index in [1.165, 1.54) is 18.2 Å². The van der Waals surface area contributed by atoms with E-state index < -0.39 is 11.8 Å². The fraction of sp³-hybridized carbons (Fsp3) is 0.115. The molecule has 2 amide bonds. The zero-order valence-corrected chi connectivity index (χ0v) is 21.1. The van der Waals surface area contributed by atoms with E-state index in [9.17, 15) is 14.9 Å². The van der Waals surface area contributed by atoms with Crippen molar-refractivity contribution < 1.29 is 14.3 Å². The Hall–Kier alpha value is -3.50. The lowest BCUT2D eigenvalue weighted by atomic mass is 10.1. The Morgan fingerprint density at radius 3 is 2.23 bits per heavy atom. The third kappa shape index (κ3) is 7.24. The summed E-state index contributed by atoms with van der Waals surface area (Å²) >= 11 is 18.4. The highest BCUT2D eigenvalue weighted by molar-refractivity contribution is 6.37. The maximum atomic E-state index is 12.6. The Morgan fingerprint density at radius 2 is 1.63 bits per heavy atom. The van der Waals surface area contributed by atoms with Gasteiger partial charge in [0.05, 0.1) is 10.0 Å². The Labute approximate surface area is 218 Å². The second-order valence-electron chi connectivity index (χ2n) is 7.60. The van der Waals surface area contributed by atoms with E-state index >= 15 is 0 Å². The maximum Gasteiger partial charge on any atom is 0.266 e. The van der Waals surface area contributed by atoms with E-state index in [4.69, 9.17) is 39.5 Å². The first-order valence-corrected chi connectivity index (χ1v) is 11.5. The molecule has 0 spiro atoms. The molecule has 0 aromatic heterocycles. The molecule has 0 fully saturated rings. The van der Waals surface area contributed by atoms with Crippen LogP contribution in [0.4, 0.5) is 11.4 Å². The number of nitrogens with one attached hydrogen (secondary N) is 2. The third-order valence-electron chi connectivity index (χ3n) is 4.80. The van der Waals surface area contributed by atoms with E-state index in [-0.39, 0.29) is 28.0 Å². The summed E-state index contributed by atoms with van der Waals surface area (Å²) in [5.74, 6) is -0.876. The lowest BCUT2D eigenvalue weighted by Gasteiger charge is -2.12. The van der Waals surface area contributed by atoms with E-state index in [1.54, 1.807) is 30.3 Å². The lowest BCUT2D eigenvalue weighted by molar-refractivity contribution is -0.118. The molecule has 0 unspecified atom stereocenters. The topological polar surface area (TPSA) is 91.2 Å². The van der Waals surface area contributed by atoms with Gasteiger partial charge in [-0.05, 0) is 73.5 Å². The summed E-state index contributed by atoms with van der Waals surface area (Å²) in [4.78, 5) is 24.8. The first-order chi connectivity index (χ1) is 16.7. The van der Waals surface area contributed by atoms with Crippen LogP contribution in [0.3, 0.4) is 0 Å². The van der Waals surface area contributed by atoms with Gasteiger partial charge in [0.2, 0.25) is 0 Å². The maximum absolute atomic E-state index is 12.6. The van der Waals surface area contributed by atoms with Crippen LogP contribution in [-0.2, 0) is 9.59 Å². The molecule has 3 aromatic rings. The molecule has 0 atom stereocenters. The number of anilines is 2. The summed E-state index contributed by atoms with van der Waals surface area (Å²) in [6, 6.07) is 17.1. The average Bonchev–Trinajstić information content (AvgIpc) is 2.80. The molecule has 0 aliphatic heterocycles. The molecule has 178 valence electrons. The number of carbonyl (C=O) groups excluding carboxylic acids is 2. The number of nitriles is 1. The zero-order valence-electron chi connectivity index (χ0n) is 18.8. The number of hydrogen-bond donors (Lipinski definition) is 2. The number of halogens is 3. The number of hydrogen-bond acceptors (Lipinski definition) is 4. The van der Waals surface area contributed by atoms with Crippen molar-refractivity contribution >= 4 is 64.1 Å². The predicted octanol–water partition coefficient (Wildman–Crippen LogP) is 6.83. The molecule has 0 radical (unpaired) electrons. The number of aryl methyl sites for hydroxylation is 2. The van der Waals surface area contributed by atoms with Crippen molar-refractivity contribution in [1.29, 1.82) is 5.26 Å². The molecule has 2 N–H and O–H groups in total. The van der Waals surface area contributed by atoms with Crippen molar-refractivity contribution in [3.05, 3.63) is 91.9 Å². The Balaban J connectivity index is 1.70. The molecule has 3 rings (SSSR count). The molecule has 0 saturated carbocycles. The van der Waals surface area contributed by atoms with Crippen molar-refractivity contribution in [3.63, 3.8) is 0 Å². The van der Waals surface area contributed by atoms with Gasteiger partial charge < -0.3 is 15.4 Å². The van der Waals surface area contributed by atoms with Gasteiger partial charge >= 0.3 is 0 Å². The molecule has 0 aliphatic carbocycles. The minimum Gasteiger partial charge on any atom is -0.481 e. The van der Waals surface area contributed by atoms with Crippen LogP contribution >= 0.6 is 34.8 Å². The van der Waals surface area contributed by atoms with Gasteiger partial charge in [0.15, 0.2) is 12.4 Å². The first kappa shape index (κ1) is 26.1. The molecular formula is C26H20Cl3N3O3.